The zero-order valence-corrected chi connectivity index (χ0v) is 11.2. The van der Waals surface area contributed by atoms with Gasteiger partial charge in [-0.1, -0.05) is 29.8 Å². The first-order valence-electron chi connectivity index (χ1n) is 5.93. The van der Waals surface area contributed by atoms with E-state index in [4.69, 9.17) is 17.3 Å². The van der Waals surface area contributed by atoms with Crippen LogP contribution in [0.15, 0.2) is 36.4 Å². The third kappa shape index (κ3) is 3.31. The second-order valence-electron chi connectivity index (χ2n) is 4.59. The van der Waals surface area contributed by atoms with Crippen molar-refractivity contribution in [3.63, 3.8) is 0 Å². The van der Waals surface area contributed by atoms with Crippen LogP contribution in [-0.2, 0) is 6.42 Å². The Kier molecular flexibility index (Phi) is 4.17. The molecular weight excluding hydrogens is 268 g/mol. The normalized spacial score (nSPS) is 12.5. The van der Waals surface area contributed by atoms with Crippen LogP contribution in [0.3, 0.4) is 0 Å². The van der Waals surface area contributed by atoms with Crippen molar-refractivity contribution in [1.82, 2.24) is 0 Å². The molecule has 0 fully saturated rings. The summed E-state index contributed by atoms with van der Waals surface area (Å²) in [5.74, 6) is -0.801. The molecule has 19 heavy (non-hydrogen) atoms. The van der Waals surface area contributed by atoms with Gasteiger partial charge in [0.15, 0.2) is 0 Å². The molecule has 0 saturated carbocycles. The van der Waals surface area contributed by atoms with Crippen molar-refractivity contribution in [3.8, 4) is 0 Å². The molecule has 4 heteroatoms. The van der Waals surface area contributed by atoms with Crippen LogP contribution in [-0.4, -0.2) is 0 Å². The predicted octanol–water partition coefficient (Wildman–Crippen LogP) is 4.17. The van der Waals surface area contributed by atoms with Crippen molar-refractivity contribution < 1.29 is 8.78 Å². The number of nitrogens with two attached hydrogens (primary N) is 1. The lowest BCUT2D eigenvalue weighted by Crippen LogP contribution is -2.14. The predicted molar refractivity (Wildman–Crippen MR) is 73.2 cm³/mol. The van der Waals surface area contributed by atoms with Crippen molar-refractivity contribution in [2.24, 2.45) is 5.73 Å². The first-order valence-corrected chi connectivity index (χ1v) is 6.30. The molecule has 100 valence electrons. The lowest BCUT2D eigenvalue weighted by molar-refractivity contribution is 0.589. The van der Waals surface area contributed by atoms with Gasteiger partial charge in [0, 0.05) is 6.04 Å². The maximum Gasteiger partial charge on any atom is 0.145 e. The lowest BCUT2D eigenvalue weighted by atomic mass is 9.98. The second-order valence-corrected chi connectivity index (χ2v) is 4.99. The Hall–Kier alpha value is -1.45. The van der Waals surface area contributed by atoms with Crippen molar-refractivity contribution in [1.29, 1.82) is 0 Å². The minimum Gasteiger partial charge on any atom is -0.324 e. The minimum absolute atomic E-state index is 0.0696. The summed E-state index contributed by atoms with van der Waals surface area (Å²) >= 11 is 5.72. The van der Waals surface area contributed by atoms with Gasteiger partial charge in [0.2, 0.25) is 0 Å². The molecule has 2 aromatic rings. The highest BCUT2D eigenvalue weighted by atomic mass is 35.5. The van der Waals surface area contributed by atoms with Crippen LogP contribution in [0.2, 0.25) is 5.02 Å². The first kappa shape index (κ1) is 14.0. The fraction of sp³-hybridized carbons (Fsp3) is 0.200. The van der Waals surface area contributed by atoms with Crippen molar-refractivity contribution in [3.05, 3.63) is 69.7 Å². The third-order valence-electron chi connectivity index (χ3n) is 2.96. The number of aryl methyl sites for hydroxylation is 1. The standard InChI is InChI=1S/C15H14ClF2N/c1-9-5-11(7-12(17)6-9)14(19)8-10-3-2-4-13(16)15(10)18/h2-7,14H,8,19H2,1H3. The number of benzene rings is 2. The monoisotopic (exact) mass is 281 g/mol. The van der Waals surface area contributed by atoms with Crippen molar-refractivity contribution >= 4 is 11.6 Å². The summed E-state index contributed by atoms with van der Waals surface area (Å²) in [4.78, 5) is 0. The molecule has 2 N–H and O–H groups in total. The van der Waals surface area contributed by atoms with Gasteiger partial charge in [-0.05, 0) is 48.2 Å². The van der Waals surface area contributed by atoms with Gasteiger partial charge >= 0.3 is 0 Å². The van der Waals surface area contributed by atoms with Gasteiger partial charge in [0.1, 0.15) is 11.6 Å². The highest BCUT2D eigenvalue weighted by molar-refractivity contribution is 6.30. The average Bonchev–Trinajstić information content (AvgIpc) is 2.33. The maximum atomic E-state index is 13.8. The average molecular weight is 282 g/mol. The molecular formula is C15H14ClF2N. The Morgan fingerprint density at radius 2 is 1.95 bits per heavy atom. The third-order valence-corrected chi connectivity index (χ3v) is 3.26. The van der Waals surface area contributed by atoms with Crippen LogP contribution in [0.1, 0.15) is 22.7 Å². The summed E-state index contributed by atoms with van der Waals surface area (Å²) in [6.45, 7) is 1.79. The fourth-order valence-corrected chi connectivity index (χ4v) is 2.23. The molecule has 0 aromatic heterocycles. The van der Waals surface area contributed by atoms with Gasteiger partial charge in [0.25, 0.3) is 0 Å². The molecule has 0 amide bonds. The highest BCUT2D eigenvalue weighted by Crippen LogP contribution is 2.23. The molecule has 0 heterocycles. The van der Waals surface area contributed by atoms with Gasteiger partial charge in [-0.3, -0.25) is 0 Å². The van der Waals surface area contributed by atoms with Gasteiger partial charge in [0.05, 0.1) is 5.02 Å². The Morgan fingerprint density at radius 3 is 2.63 bits per heavy atom. The number of halogens is 3. The van der Waals surface area contributed by atoms with Gasteiger partial charge < -0.3 is 5.73 Å². The summed E-state index contributed by atoms with van der Waals surface area (Å²) in [7, 11) is 0. The summed E-state index contributed by atoms with van der Waals surface area (Å²) in [6.07, 6.45) is 0.273. The fourth-order valence-electron chi connectivity index (χ4n) is 2.04. The topological polar surface area (TPSA) is 26.0 Å². The molecule has 0 bridgehead atoms. The van der Waals surface area contributed by atoms with Gasteiger partial charge in [-0.15, -0.1) is 0 Å². The van der Waals surface area contributed by atoms with Crippen LogP contribution < -0.4 is 5.73 Å². The summed E-state index contributed by atoms with van der Waals surface area (Å²) in [5.41, 5.74) is 7.88. The zero-order chi connectivity index (χ0) is 14.0. The maximum absolute atomic E-state index is 13.8. The highest BCUT2D eigenvalue weighted by Gasteiger charge is 2.13. The van der Waals surface area contributed by atoms with Crippen molar-refractivity contribution in [2.45, 2.75) is 19.4 Å². The van der Waals surface area contributed by atoms with E-state index >= 15 is 0 Å². The van der Waals surface area contributed by atoms with Crippen LogP contribution in [0, 0.1) is 18.6 Å². The molecule has 1 nitrogen and oxygen atoms in total. The SMILES string of the molecule is Cc1cc(F)cc(C(N)Cc2cccc(Cl)c2F)c1. The molecule has 0 aliphatic rings. The number of hydrogen-bond acceptors (Lipinski definition) is 1. The van der Waals surface area contributed by atoms with E-state index in [0.717, 1.165) is 5.56 Å². The molecule has 0 aliphatic carbocycles. The van der Waals surface area contributed by atoms with E-state index in [-0.39, 0.29) is 17.3 Å². The first-order chi connectivity index (χ1) is 8.97. The van der Waals surface area contributed by atoms with E-state index in [1.807, 2.05) is 0 Å². The molecule has 2 rings (SSSR count). The molecule has 0 saturated heterocycles. The molecule has 0 aliphatic heterocycles. The molecule has 2 aromatic carbocycles. The van der Waals surface area contributed by atoms with E-state index < -0.39 is 11.9 Å². The van der Waals surface area contributed by atoms with Crippen molar-refractivity contribution in [2.75, 3.05) is 0 Å². The quantitative estimate of drug-likeness (QED) is 0.898. The smallest absolute Gasteiger partial charge is 0.145 e. The van der Waals surface area contributed by atoms with Gasteiger partial charge in [-0.2, -0.15) is 0 Å². The lowest BCUT2D eigenvalue weighted by Gasteiger charge is -2.14. The number of rotatable bonds is 3. The molecule has 1 atom stereocenters. The minimum atomic E-state index is -0.470. The zero-order valence-electron chi connectivity index (χ0n) is 10.5. The van der Waals surface area contributed by atoms with E-state index in [2.05, 4.69) is 0 Å². The molecule has 0 radical (unpaired) electrons. The van der Waals surface area contributed by atoms with Crippen LogP contribution in [0.5, 0.6) is 0 Å². The van der Waals surface area contributed by atoms with Crippen LogP contribution in [0.4, 0.5) is 8.78 Å². The Morgan fingerprint density at radius 1 is 1.21 bits per heavy atom. The summed E-state index contributed by atoms with van der Waals surface area (Å²) in [6, 6.07) is 8.92. The number of hydrogen-bond donors (Lipinski definition) is 1. The Bertz CT molecular complexity index is 578. The second kappa shape index (κ2) is 5.68. The van der Waals surface area contributed by atoms with Gasteiger partial charge in [-0.25, -0.2) is 8.78 Å². The van der Waals surface area contributed by atoms with E-state index in [1.165, 1.54) is 18.2 Å². The van der Waals surface area contributed by atoms with E-state index in [1.54, 1.807) is 25.1 Å². The van der Waals surface area contributed by atoms with E-state index in [0.29, 0.717) is 11.1 Å². The molecule has 0 spiro atoms. The molecule has 1 unspecified atom stereocenters. The van der Waals surface area contributed by atoms with Crippen LogP contribution in [0.25, 0.3) is 0 Å². The Balaban J connectivity index is 2.25. The summed E-state index contributed by atoms with van der Waals surface area (Å²) in [5, 5.41) is 0.0696. The summed E-state index contributed by atoms with van der Waals surface area (Å²) < 4.78 is 27.1. The van der Waals surface area contributed by atoms with E-state index in [9.17, 15) is 8.78 Å². The Labute approximate surface area is 116 Å². The van der Waals surface area contributed by atoms with Crippen LogP contribution >= 0.6 is 11.6 Å². The largest absolute Gasteiger partial charge is 0.324 e.